The van der Waals surface area contributed by atoms with Crippen molar-refractivity contribution in [3.8, 4) is 0 Å². The predicted octanol–water partition coefficient (Wildman–Crippen LogP) is 1.83. The van der Waals surface area contributed by atoms with Crippen molar-refractivity contribution in [2.45, 2.75) is 0 Å². The number of hydrogen-bond donors (Lipinski definition) is 0. The SMILES string of the molecule is [Ge][CH]=Cc1ccccc1. The summed E-state index contributed by atoms with van der Waals surface area (Å²) in [6, 6.07) is 10.3. The Kier molecular flexibility index (Phi) is 2.58. The summed E-state index contributed by atoms with van der Waals surface area (Å²) in [5, 5.41) is 0. The molecule has 0 nitrogen and oxygen atoms in total. The van der Waals surface area contributed by atoms with E-state index in [0.29, 0.717) is 0 Å². The summed E-state index contributed by atoms with van der Waals surface area (Å²) in [5.41, 5.74) is 1.26. The van der Waals surface area contributed by atoms with Gasteiger partial charge in [0.2, 0.25) is 0 Å². The van der Waals surface area contributed by atoms with E-state index in [-0.39, 0.29) is 0 Å². The van der Waals surface area contributed by atoms with Gasteiger partial charge < -0.3 is 0 Å². The topological polar surface area (TPSA) is 0 Å². The van der Waals surface area contributed by atoms with Gasteiger partial charge in [-0.15, -0.1) is 0 Å². The Hall–Kier alpha value is -0.497. The molecule has 0 aliphatic carbocycles. The molecule has 0 N–H and O–H groups in total. The number of hydrogen-bond acceptors (Lipinski definition) is 0. The summed E-state index contributed by atoms with van der Waals surface area (Å²) >= 11 is 2.02. The standard InChI is InChI=1S/C8H7Ge/c9-7-6-8-4-2-1-3-5-8/h1-7H. The molecular formula is C8H7Ge. The molecule has 43 valence electrons. The van der Waals surface area contributed by atoms with Gasteiger partial charge in [0, 0.05) is 0 Å². The number of benzene rings is 1. The predicted molar refractivity (Wildman–Crippen MR) is 41.2 cm³/mol. The van der Waals surface area contributed by atoms with Crippen LogP contribution in [0.5, 0.6) is 0 Å². The molecule has 1 rings (SSSR count). The summed E-state index contributed by atoms with van der Waals surface area (Å²) in [6.07, 6.45) is 2.08. The molecule has 3 radical (unpaired) electrons. The molecule has 0 fully saturated rings. The van der Waals surface area contributed by atoms with Crippen molar-refractivity contribution in [2.75, 3.05) is 0 Å². The normalized spacial score (nSPS) is 10.3. The van der Waals surface area contributed by atoms with Crippen LogP contribution in [0.4, 0.5) is 0 Å². The maximum absolute atomic E-state index is 2.08. The van der Waals surface area contributed by atoms with Crippen molar-refractivity contribution in [2.24, 2.45) is 0 Å². The van der Waals surface area contributed by atoms with Crippen molar-refractivity contribution in [1.29, 1.82) is 0 Å². The van der Waals surface area contributed by atoms with E-state index in [4.69, 9.17) is 0 Å². The molecule has 0 atom stereocenters. The van der Waals surface area contributed by atoms with E-state index in [0.717, 1.165) is 0 Å². The van der Waals surface area contributed by atoms with Crippen LogP contribution in [0.1, 0.15) is 5.56 Å². The van der Waals surface area contributed by atoms with Crippen LogP contribution in [-0.2, 0) is 0 Å². The molecule has 0 unspecified atom stereocenters. The van der Waals surface area contributed by atoms with E-state index in [1.807, 2.05) is 39.6 Å². The minimum absolute atomic E-state index is 1.26. The molecule has 9 heavy (non-hydrogen) atoms. The first-order valence-electron chi connectivity index (χ1n) is 2.82. The van der Waals surface area contributed by atoms with Crippen molar-refractivity contribution < 1.29 is 0 Å². The summed E-state index contributed by atoms with van der Waals surface area (Å²) in [5.74, 6) is 0. The molecule has 0 heterocycles. The van der Waals surface area contributed by atoms with Gasteiger partial charge in [0.05, 0.1) is 0 Å². The van der Waals surface area contributed by atoms with Crippen LogP contribution in [0.2, 0.25) is 0 Å². The minimum atomic E-state index is 1.26. The Bertz CT molecular complexity index is 189. The Morgan fingerprint density at radius 3 is 2.33 bits per heavy atom. The van der Waals surface area contributed by atoms with Gasteiger partial charge in [0.15, 0.2) is 0 Å². The second kappa shape index (κ2) is 3.51. The first-order chi connectivity index (χ1) is 4.43. The first kappa shape index (κ1) is 6.62. The molecular weight excluding hydrogens is 169 g/mol. The van der Waals surface area contributed by atoms with Gasteiger partial charge in [-0.2, -0.15) is 0 Å². The summed E-state index contributed by atoms with van der Waals surface area (Å²) < 4.78 is 0. The van der Waals surface area contributed by atoms with Gasteiger partial charge in [0.1, 0.15) is 0 Å². The van der Waals surface area contributed by atoms with Crippen LogP contribution in [0.15, 0.2) is 35.2 Å². The summed E-state index contributed by atoms with van der Waals surface area (Å²) in [7, 11) is 0. The van der Waals surface area contributed by atoms with Crippen LogP contribution in [-0.4, -0.2) is 16.5 Å². The average Bonchev–Trinajstić information content (AvgIpc) is 1.91. The van der Waals surface area contributed by atoms with Crippen LogP contribution in [0.3, 0.4) is 0 Å². The van der Waals surface area contributed by atoms with Gasteiger partial charge >= 0.3 is 63.4 Å². The molecule has 0 saturated heterocycles. The van der Waals surface area contributed by atoms with Crippen LogP contribution in [0, 0.1) is 0 Å². The summed E-state index contributed by atoms with van der Waals surface area (Å²) in [4.78, 5) is 2.04. The van der Waals surface area contributed by atoms with Gasteiger partial charge in [-0.25, -0.2) is 0 Å². The molecule has 0 saturated carbocycles. The van der Waals surface area contributed by atoms with E-state index < -0.39 is 0 Å². The van der Waals surface area contributed by atoms with Gasteiger partial charge in [-0.3, -0.25) is 0 Å². The molecule has 1 aromatic rings. The van der Waals surface area contributed by atoms with Crippen LogP contribution in [0.25, 0.3) is 6.08 Å². The molecule has 0 aliphatic heterocycles. The van der Waals surface area contributed by atoms with Crippen LogP contribution >= 0.6 is 0 Å². The van der Waals surface area contributed by atoms with Crippen molar-refractivity contribution >= 4 is 22.6 Å². The second-order valence-electron chi connectivity index (χ2n) is 1.74. The molecule has 1 heteroatoms. The molecule has 0 aromatic heterocycles. The first-order valence-corrected chi connectivity index (χ1v) is 4.03. The third kappa shape index (κ3) is 2.06. The van der Waals surface area contributed by atoms with E-state index in [1.165, 1.54) is 5.56 Å². The van der Waals surface area contributed by atoms with E-state index in [2.05, 4.69) is 18.2 Å². The molecule has 0 spiro atoms. The van der Waals surface area contributed by atoms with Crippen molar-refractivity contribution in [1.82, 2.24) is 0 Å². The molecule has 0 bridgehead atoms. The van der Waals surface area contributed by atoms with Gasteiger partial charge in [-0.1, -0.05) is 0 Å². The van der Waals surface area contributed by atoms with Gasteiger partial charge in [-0.05, 0) is 0 Å². The fourth-order valence-electron chi connectivity index (χ4n) is 0.660. The quantitative estimate of drug-likeness (QED) is 0.572. The van der Waals surface area contributed by atoms with E-state index in [1.54, 1.807) is 0 Å². The third-order valence-corrected chi connectivity index (χ3v) is 1.43. The second-order valence-corrected chi connectivity index (χ2v) is 2.44. The molecule has 0 amide bonds. The molecule has 0 aliphatic rings. The van der Waals surface area contributed by atoms with E-state index in [9.17, 15) is 0 Å². The zero-order chi connectivity index (χ0) is 6.53. The molecule has 1 aromatic carbocycles. The Labute approximate surface area is 63.8 Å². The average molecular weight is 176 g/mol. The fraction of sp³-hybridized carbons (Fsp3) is 0. The Morgan fingerprint density at radius 1 is 1.11 bits per heavy atom. The third-order valence-electron chi connectivity index (χ3n) is 1.08. The Balaban J connectivity index is 2.85. The van der Waals surface area contributed by atoms with E-state index >= 15 is 0 Å². The van der Waals surface area contributed by atoms with Gasteiger partial charge in [0.25, 0.3) is 0 Å². The zero-order valence-corrected chi connectivity index (χ0v) is 7.14. The monoisotopic (exact) mass is 177 g/mol. The van der Waals surface area contributed by atoms with Crippen molar-refractivity contribution in [3.63, 3.8) is 0 Å². The maximum atomic E-state index is 2.08. The Morgan fingerprint density at radius 2 is 1.78 bits per heavy atom. The fourth-order valence-corrected chi connectivity index (χ4v) is 1.06. The summed E-state index contributed by atoms with van der Waals surface area (Å²) in [6.45, 7) is 0. The zero-order valence-electron chi connectivity index (χ0n) is 5.04. The van der Waals surface area contributed by atoms with Crippen LogP contribution < -0.4 is 0 Å². The number of rotatable bonds is 1. The van der Waals surface area contributed by atoms with Crippen molar-refractivity contribution in [3.05, 3.63) is 40.8 Å².